The Morgan fingerprint density at radius 3 is 2.71 bits per heavy atom. The molecule has 1 aliphatic heterocycles. The van der Waals surface area contributed by atoms with Crippen LogP contribution in [-0.2, 0) is 4.74 Å². The molecule has 1 saturated heterocycles. The molecule has 0 radical (unpaired) electrons. The largest absolute Gasteiger partial charge is 0.373 e. The Bertz CT molecular complexity index is 394. The summed E-state index contributed by atoms with van der Waals surface area (Å²) >= 11 is 0. The van der Waals surface area contributed by atoms with Gasteiger partial charge in [-0.15, -0.1) is 0 Å². The van der Waals surface area contributed by atoms with Crippen molar-refractivity contribution in [1.29, 1.82) is 0 Å². The van der Waals surface area contributed by atoms with Crippen molar-refractivity contribution in [3.8, 4) is 0 Å². The zero-order chi connectivity index (χ0) is 12.4. The van der Waals surface area contributed by atoms with Crippen LogP contribution in [0.1, 0.15) is 36.9 Å². The van der Waals surface area contributed by atoms with Gasteiger partial charge in [-0.2, -0.15) is 0 Å². The van der Waals surface area contributed by atoms with Gasteiger partial charge in [0, 0.05) is 0 Å². The molecule has 1 N–H and O–H groups in total. The van der Waals surface area contributed by atoms with Crippen LogP contribution in [0, 0.1) is 12.7 Å². The molecule has 0 aliphatic carbocycles. The Morgan fingerprint density at radius 1 is 1.41 bits per heavy atom. The highest BCUT2D eigenvalue weighted by atomic mass is 19.1. The van der Waals surface area contributed by atoms with Crippen molar-refractivity contribution in [3.63, 3.8) is 0 Å². The van der Waals surface area contributed by atoms with E-state index in [1.54, 1.807) is 6.07 Å². The van der Waals surface area contributed by atoms with Gasteiger partial charge in [0.15, 0.2) is 0 Å². The summed E-state index contributed by atoms with van der Waals surface area (Å²) in [5.41, 5.74) is 2.11. The summed E-state index contributed by atoms with van der Waals surface area (Å²) in [4.78, 5) is 0. The summed E-state index contributed by atoms with van der Waals surface area (Å²) in [6.07, 6.45) is 2.68. The van der Waals surface area contributed by atoms with Gasteiger partial charge in [0.1, 0.15) is 5.82 Å². The second kappa shape index (κ2) is 5.15. The topological polar surface area (TPSA) is 21.3 Å². The summed E-state index contributed by atoms with van der Waals surface area (Å²) in [7, 11) is 1.93. The SMILES string of the molecule is CNC(c1ccc(F)cc1C)C1CCC(C)O1. The van der Waals surface area contributed by atoms with E-state index in [9.17, 15) is 4.39 Å². The lowest BCUT2D eigenvalue weighted by molar-refractivity contribution is 0.0331. The number of ether oxygens (including phenoxy) is 1. The number of aryl methyl sites for hydroxylation is 1. The van der Waals surface area contributed by atoms with Crippen LogP contribution in [0.3, 0.4) is 0 Å². The fourth-order valence-electron chi connectivity index (χ4n) is 2.61. The third kappa shape index (κ3) is 2.67. The van der Waals surface area contributed by atoms with Crippen molar-refractivity contribution in [3.05, 3.63) is 35.1 Å². The molecular weight excluding hydrogens is 217 g/mol. The first-order valence-electron chi connectivity index (χ1n) is 6.20. The lowest BCUT2D eigenvalue weighted by Crippen LogP contribution is -2.30. The Balaban J connectivity index is 2.23. The average molecular weight is 237 g/mol. The second-order valence-electron chi connectivity index (χ2n) is 4.83. The maximum atomic E-state index is 13.1. The molecule has 3 unspecified atom stereocenters. The second-order valence-corrected chi connectivity index (χ2v) is 4.83. The number of hydrogen-bond acceptors (Lipinski definition) is 2. The molecular formula is C14H20FNO. The molecule has 1 aliphatic rings. The molecule has 1 fully saturated rings. The Kier molecular flexibility index (Phi) is 3.79. The minimum Gasteiger partial charge on any atom is -0.373 e. The van der Waals surface area contributed by atoms with E-state index in [2.05, 4.69) is 12.2 Å². The van der Waals surface area contributed by atoms with Gasteiger partial charge in [0.05, 0.1) is 18.2 Å². The van der Waals surface area contributed by atoms with E-state index < -0.39 is 0 Å². The van der Waals surface area contributed by atoms with Crippen LogP contribution in [0.15, 0.2) is 18.2 Å². The summed E-state index contributed by atoms with van der Waals surface area (Å²) in [5.74, 6) is -0.179. The fraction of sp³-hybridized carbons (Fsp3) is 0.571. The van der Waals surface area contributed by atoms with E-state index in [-0.39, 0.29) is 18.0 Å². The Labute approximate surface area is 102 Å². The first kappa shape index (κ1) is 12.5. The molecule has 94 valence electrons. The summed E-state index contributed by atoms with van der Waals surface area (Å²) in [6.45, 7) is 4.05. The highest BCUT2D eigenvalue weighted by Crippen LogP contribution is 2.31. The molecule has 2 nitrogen and oxygen atoms in total. The van der Waals surface area contributed by atoms with Crippen molar-refractivity contribution in [2.75, 3.05) is 7.05 Å². The molecule has 3 atom stereocenters. The predicted molar refractivity (Wildman–Crippen MR) is 66.5 cm³/mol. The van der Waals surface area contributed by atoms with Gasteiger partial charge >= 0.3 is 0 Å². The van der Waals surface area contributed by atoms with Crippen LogP contribution in [0.5, 0.6) is 0 Å². The first-order chi connectivity index (χ1) is 8.11. The third-order valence-corrected chi connectivity index (χ3v) is 3.51. The van der Waals surface area contributed by atoms with Crippen LogP contribution >= 0.6 is 0 Å². The molecule has 1 aromatic carbocycles. The lowest BCUT2D eigenvalue weighted by atomic mass is 9.95. The first-order valence-corrected chi connectivity index (χ1v) is 6.20. The summed E-state index contributed by atoms with van der Waals surface area (Å²) in [6, 6.07) is 5.11. The van der Waals surface area contributed by atoms with Crippen LogP contribution in [0.2, 0.25) is 0 Å². The minimum absolute atomic E-state index is 0.153. The molecule has 0 bridgehead atoms. The van der Waals surface area contributed by atoms with Gasteiger partial charge in [-0.3, -0.25) is 0 Å². The monoisotopic (exact) mass is 237 g/mol. The smallest absolute Gasteiger partial charge is 0.123 e. The molecule has 2 rings (SSSR count). The molecule has 0 aromatic heterocycles. The van der Waals surface area contributed by atoms with Crippen LogP contribution in [-0.4, -0.2) is 19.3 Å². The van der Waals surface area contributed by atoms with E-state index in [0.717, 1.165) is 24.0 Å². The molecule has 3 heteroatoms. The van der Waals surface area contributed by atoms with Crippen LogP contribution in [0.25, 0.3) is 0 Å². The van der Waals surface area contributed by atoms with E-state index in [1.165, 1.54) is 6.07 Å². The van der Waals surface area contributed by atoms with Crippen molar-refractivity contribution >= 4 is 0 Å². The standard InChI is InChI=1S/C14H20FNO/c1-9-8-11(15)5-6-12(9)14(16-3)13-7-4-10(2)17-13/h5-6,8,10,13-14,16H,4,7H2,1-3H3. The molecule has 1 aromatic rings. The van der Waals surface area contributed by atoms with Gasteiger partial charge in [0.25, 0.3) is 0 Å². The highest BCUT2D eigenvalue weighted by molar-refractivity contribution is 5.30. The predicted octanol–water partition coefficient (Wildman–Crippen LogP) is 2.96. The third-order valence-electron chi connectivity index (χ3n) is 3.51. The van der Waals surface area contributed by atoms with E-state index in [0.29, 0.717) is 6.10 Å². The molecule has 0 saturated carbocycles. The number of hydrogen-bond donors (Lipinski definition) is 1. The Morgan fingerprint density at radius 2 is 2.18 bits per heavy atom. The van der Waals surface area contributed by atoms with Crippen molar-refractivity contribution < 1.29 is 9.13 Å². The van der Waals surface area contributed by atoms with Gasteiger partial charge in [-0.25, -0.2) is 4.39 Å². The number of nitrogens with one attached hydrogen (secondary N) is 1. The quantitative estimate of drug-likeness (QED) is 0.872. The zero-order valence-electron chi connectivity index (χ0n) is 10.7. The van der Waals surface area contributed by atoms with Gasteiger partial charge in [-0.05, 0) is 57.0 Å². The maximum absolute atomic E-state index is 13.1. The molecule has 1 heterocycles. The van der Waals surface area contributed by atoms with E-state index in [4.69, 9.17) is 4.74 Å². The summed E-state index contributed by atoms with van der Waals surface area (Å²) < 4.78 is 19.0. The highest BCUT2D eigenvalue weighted by Gasteiger charge is 2.30. The number of likely N-dealkylation sites (N-methyl/N-ethyl adjacent to an activating group) is 1. The number of halogens is 1. The minimum atomic E-state index is -0.179. The normalized spacial score (nSPS) is 26.1. The van der Waals surface area contributed by atoms with E-state index in [1.807, 2.05) is 20.0 Å². The van der Waals surface area contributed by atoms with Gasteiger partial charge in [0.2, 0.25) is 0 Å². The van der Waals surface area contributed by atoms with Gasteiger partial charge < -0.3 is 10.1 Å². The van der Waals surface area contributed by atoms with Crippen LogP contribution in [0.4, 0.5) is 4.39 Å². The molecule has 0 spiro atoms. The van der Waals surface area contributed by atoms with Crippen molar-refractivity contribution in [2.24, 2.45) is 0 Å². The van der Waals surface area contributed by atoms with Crippen molar-refractivity contribution in [2.45, 2.75) is 44.9 Å². The van der Waals surface area contributed by atoms with Crippen molar-refractivity contribution in [1.82, 2.24) is 5.32 Å². The lowest BCUT2D eigenvalue weighted by Gasteiger charge is -2.25. The zero-order valence-corrected chi connectivity index (χ0v) is 10.7. The Hall–Kier alpha value is -0.930. The number of benzene rings is 1. The fourth-order valence-corrected chi connectivity index (χ4v) is 2.61. The average Bonchev–Trinajstić information content (AvgIpc) is 2.69. The van der Waals surface area contributed by atoms with E-state index >= 15 is 0 Å². The maximum Gasteiger partial charge on any atom is 0.123 e. The summed E-state index contributed by atoms with van der Waals surface area (Å²) in [5, 5.41) is 3.29. The molecule has 17 heavy (non-hydrogen) atoms. The van der Waals surface area contributed by atoms with Crippen LogP contribution < -0.4 is 5.32 Å². The van der Waals surface area contributed by atoms with Gasteiger partial charge in [-0.1, -0.05) is 6.07 Å². The number of rotatable bonds is 3. The molecule has 0 amide bonds.